The lowest BCUT2D eigenvalue weighted by atomic mass is 10.7. The summed E-state index contributed by atoms with van der Waals surface area (Å²) in [6.45, 7) is 0.352. The second-order valence-corrected chi connectivity index (χ2v) is 2.52. The van der Waals surface area contributed by atoms with Crippen molar-refractivity contribution in [3.8, 4) is 0 Å². The second kappa shape index (κ2) is 7.51. The van der Waals surface area contributed by atoms with Gasteiger partial charge in [-0.3, -0.25) is 0 Å². The number of hydrogen-bond acceptors (Lipinski definition) is 4. The van der Waals surface area contributed by atoms with Crippen LogP contribution in [0.2, 0.25) is 0 Å². The first-order chi connectivity index (χ1) is 5.35. The lowest BCUT2D eigenvalue weighted by molar-refractivity contribution is -0.0928. The van der Waals surface area contributed by atoms with Crippen LogP contribution in [0.5, 0.6) is 0 Å². The van der Waals surface area contributed by atoms with Crippen molar-refractivity contribution in [2.75, 3.05) is 20.8 Å². The Balaban J connectivity index is 3.42. The molecule has 0 aromatic carbocycles. The van der Waals surface area contributed by atoms with Crippen LogP contribution in [0.1, 0.15) is 0 Å². The van der Waals surface area contributed by atoms with Crippen LogP contribution in [0.15, 0.2) is 4.78 Å². The Hall–Kier alpha value is -0.593. The van der Waals surface area contributed by atoms with Gasteiger partial charge >= 0.3 is 0 Å². The summed E-state index contributed by atoms with van der Waals surface area (Å²) < 4.78 is 18.0. The summed E-state index contributed by atoms with van der Waals surface area (Å²) in [7, 11) is 1.89. The summed E-state index contributed by atoms with van der Waals surface area (Å²) in [5, 5.41) is 0. The van der Waals surface area contributed by atoms with E-state index in [9.17, 15) is 0 Å². The third kappa shape index (κ3) is 5.83. The van der Waals surface area contributed by atoms with Crippen molar-refractivity contribution < 1.29 is 13.9 Å². The maximum atomic E-state index is 7.92. The van der Waals surface area contributed by atoms with Gasteiger partial charge in [0.05, 0.1) is 6.61 Å². The highest BCUT2D eigenvalue weighted by Crippen LogP contribution is 1.91. The Morgan fingerprint density at radius 1 is 1.64 bits per heavy atom. The molecule has 0 amide bonds. The second-order valence-electron chi connectivity index (χ2n) is 1.65. The van der Waals surface area contributed by atoms with Gasteiger partial charge in [-0.2, -0.15) is 0 Å². The van der Waals surface area contributed by atoms with E-state index in [4.69, 9.17) is 19.4 Å². The fourth-order valence-corrected chi connectivity index (χ4v) is 0.979. The lowest BCUT2D eigenvalue weighted by Gasteiger charge is -2.13. The van der Waals surface area contributed by atoms with Crippen molar-refractivity contribution in [2.24, 2.45) is 4.78 Å². The predicted octanol–water partition coefficient (Wildman–Crippen LogP) is -0.0690. The van der Waals surface area contributed by atoms with E-state index in [-0.39, 0.29) is 0 Å². The van der Waals surface area contributed by atoms with Crippen molar-refractivity contribution in [3.05, 3.63) is 10.4 Å². The standard InChI is InChI=1S/C4H11N3O3Si/c1-8-3-4(9-2)10-11-7-6-5/h4H,3,11H2,1-2H3. The molecule has 0 aliphatic heterocycles. The molecular formula is C4H11N3O3Si. The number of ether oxygens (including phenoxy) is 2. The molecular weight excluding hydrogens is 166 g/mol. The van der Waals surface area contributed by atoms with Crippen molar-refractivity contribution in [1.82, 2.24) is 0 Å². The summed E-state index contributed by atoms with van der Waals surface area (Å²) in [5.74, 6) is 0. The van der Waals surface area contributed by atoms with Gasteiger partial charge in [0, 0.05) is 14.2 Å². The van der Waals surface area contributed by atoms with Crippen LogP contribution in [-0.2, 0) is 13.9 Å². The SMILES string of the molecule is COCC(OC)O[SiH2]N=[N+]=[N-]. The first kappa shape index (κ1) is 10.4. The first-order valence-electron chi connectivity index (χ1n) is 2.99. The van der Waals surface area contributed by atoms with Gasteiger partial charge in [-0.05, 0) is 10.4 Å². The average molecular weight is 177 g/mol. The molecule has 0 saturated heterocycles. The van der Waals surface area contributed by atoms with Gasteiger partial charge in [-0.25, -0.2) is 0 Å². The zero-order chi connectivity index (χ0) is 8.53. The van der Waals surface area contributed by atoms with Crippen LogP contribution in [0, 0.1) is 0 Å². The number of rotatable bonds is 6. The molecule has 0 N–H and O–H groups in total. The fourth-order valence-electron chi connectivity index (χ4n) is 0.463. The summed E-state index contributed by atoms with van der Waals surface area (Å²) in [6.07, 6.45) is -0.405. The molecule has 0 fully saturated rings. The maximum Gasteiger partial charge on any atom is 0.261 e. The highest BCUT2D eigenvalue weighted by Gasteiger charge is 2.04. The topological polar surface area (TPSA) is 76.5 Å². The fraction of sp³-hybridized carbons (Fsp3) is 1.00. The first-order valence-corrected chi connectivity index (χ1v) is 4.20. The van der Waals surface area contributed by atoms with E-state index in [2.05, 4.69) is 9.69 Å². The van der Waals surface area contributed by atoms with Crippen LogP contribution in [0.3, 0.4) is 0 Å². The van der Waals surface area contributed by atoms with E-state index in [1.807, 2.05) is 0 Å². The van der Waals surface area contributed by atoms with Crippen molar-refractivity contribution in [2.45, 2.75) is 6.29 Å². The van der Waals surface area contributed by atoms with Crippen molar-refractivity contribution in [1.29, 1.82) is 0 Å². The zero-order valence-corrected chi connectivity index (χ0v) is 7.97. The van der Waals surface area contributed by atoms with E-state index in [0.717, 1.165) is 0 Å². The Bertz CT molecular complexity index is 139. The van der Waals surface area contributed by atoms with Crippen LogP contribution in [0.25, 0.3) is 10.4 Å². The van der Waals surface area contributed by atoms with Gasteiger partial charge in [0.25, 0.3) is 9.92 Å². The lowest BCUT2D eigenvalue weighted by Crippen LogP contribution is -2.22. The molecule has 0 aromatic heterocycles. The van der Waals surface area contributed by atoms with Crippen LogP contribution in [0.4, 0.5) is 0 Å². The van der Waals surface area contributed by atoms with Gasteiger partial charge in [0.15, 0.2) is 6.29 Å². The summed E-state index contributed by atoms with van der Waals surface area (Å²) >= 11 is 0. The molecule has 7 heteroatoms. The highest BCUT2D eigenvalue weighted by atomic mass is 28.2. The Kier molecular flexibility index (Phi) is 7.11. The molecule has 0 aromatic rings. The molecule has 1 atom stereocenters. The minimum absolute atomic E-state index is 0.352. The number of azide groups is 1. The van der Waals surface area contributed by atoms with Gasteiger partial charge in [-0.15, -0.1) is 0 Å². The van der Waals surface area contributed by atoms with E-state index >= 15 is 0 Å². The highest BCUT2D eigenvalue weighted by molar-refractivity contribution is 6.24. The minimum atomic E-state index is -1.16. The molecule has 0 aliphatic rings. The molecule has 1 unspecified atom stereocenters. The summed E-state index contributed by atoms with van der Waals surface area (Å²) in [5.41, 5.74) is 7.92. The Labute approximate surface area is 67.1 Å². The molecule has 0 aliphatic carbocycles. The summed E-state index contributed by atoms with van der Waals surface area (Å²) in [6, 6.07) is 0. The molecule has 0 rings (SSSR count). The van der Waals surface area contributed by atoms with Gasteiger partial charge in [0.2, 0.25) is 0 Å². The molecule has 64 valence electrons. The van der Waals surface area contributed by atoms with Crippen LogP contribution >= 0.6 is 0 Å². The molecule has 11 heavy (non-hydrogen) atoms. The largest absolute Gasteiger partial charge is 0.392 e. The zero-order valence-electron chi connectivity index (χ0n) is 6.56. The predicted molar refractivity (Wildman–Crippen MR) is 41.4 cm³/mol. The number of methoxy groups -OCH3 is 2. The maximum absolute atomic E-state index is 7.92. The van der Waals surface area contributed by atoms with Gasteiger partial charge in [-0.1, -0.05) is 4.78 Å². The molecule has 0 heterocycles. The van der Waals surface area contributed by atoms with Gasteiger partial charge < -0.3 is 13.9 Å². The van der Waals surface area contributed by atoms with E-state index < -0.39 is 16.2 Å². The van der Waals surface area contributed by atoms with Crippen LogP contribution in [-0.4, -0.2) is 37.0 Å². The Morgan fingerprint density at radius 3 is 2.82 bits per heavy atom. The van der Waals surface area contributed by atoms with E-state index in [1.165, 1.54) is 7.11 Å². The third-order valence-corrected chi connectivity index (χ3v) is 1.71. The minimum Gasteiger partial charge on any atom is -0.392 e. The molecule has 0 saturated carbocycles. The van der Waals surface area contributed by atoms with E-state index in [1.54, 1.807) is 7.11 Å². The molecule has 0 bridgehead atoms. The van der Waals surface area contributed by atoms with Crippen LogP contribution < -0.4 is 0 Å². The normalized spacial score (nSPS) is 13.3. The smallest absolute Gasteiger partial charge is 0.261 e. The van der Waals surface area contributed by atoms with Crippen molar-refractivity contribution in [3.63, 3.8) is 0 Å². The quantitative estimate of drug-likeness (QED) is 0.187. The monoisotopic (exact) mass is 177 g/mol. The molecule has 6 nitrogen and oxygen atoms in total. The molecule has 0 spiro atoms. The van der Waals surface area contributed by atoms with Gasteiger partial charge in [0.1, 0.15) is 0 Å². The van der Waals surface area contributed by atoms with E-state index in [0.29, 0.717) is 6.61 Å². The average Bonchev–Trinajstić information content (AvgIpc) is 2.03. The Morgan fingerprint density at radius 2 is 2.36 bits per heavy atom. The van der Waals surface area contributed by atoms with Crippen molar-refractivity contribution >= 4 is 9.92 Å². The number of nitrogens with zero attached hydrogens (tertiary/aromatic N) is 3. The molecule has 0 radical (unpaired) electrons. The summed E-state index contributed by atoms with van der Waals surface area (Å²) in [4.78, 5) is 2.57. The number of hydrogen-bond donors (Lipinski definition) is 0. The third-order valence-electron chi connectivity index (χ3n) is 0.947.